The van der Waals surface area contributed by atoms with E-state index in [-0.39, 0.29) is 12.1 Å². The van der Waals surface area contributed by atoms with E-state index >= 15 is 0 Å². The minimum atomic E-state index is 0.0642. The second-order valence-electron chi connectivity index (χ2n) is 4.62. The standard InChI is InChI=1S/C12H16N2O2S/c15-11-5-13-12(10-2-4-17-8-10)14(11)6-9-1-3-16-7-9/h2,4,8-9,12-13H,1,3,5-7H2. The molecule has 3 rings (SSSR count). The third-order valence-corrected chi connectivity index (χ3v) is 4.12. The van der Waals surface area contributed by atoms with Crippen molar-refractivity contribution >= 4 is 17.2 Å². The number of hydrogen-bond acceptors (Lipinski definition) is 4. The third-order valence-electron chi connectivity index (χ3n) is 3.42. The number of nitrogens with zero attached hydrogens (tertiary/aromatic N) is 1. The maximum absolute atomic E-state index is 11.9. The van der Waals surface area contributed by atoms with Crippen LogP contribution >= 0.6 is 11.3 Å². The van der Waals surface area contributed by atoms with Gasteiger partial charge in [-0.05, 0) is 28.8 Å². The average Bonchev–Trinajstić information content (AvgIpc) is 3.03. The molecule has 2 fully saturated rings. The second-order valence-corrected chi connectivity index (χ2v) is 5.40. The Hall–Kier alpha value is -0.910. The number of amides is 1. The van der Waals surface area contributed by atoms with Gasteiger partial charge in [0.05, 0.1) is 13.2 Å². The van der Waals surface area contributed by atoms with Gasteiger partial charge in [0, 0.05) is 19.1 Å². The Balaban J connectivity index is 1.72. The number of carbonyl (C=O) groups is 1. The Morgan fingerprint density at radius 2 is 2.53 bits per heavy atom. The Labute approximate surface area is 105 Å². The summed E-state index contributed by atoms with van der Waals surface area (Å²) >= 11 is 1.67. The predicted molar refractivity (Wildman–Crippen MR) is 65.7 cm³/mol. The minimum absolute atomic E-state index is 0.0642. The summed E-state index contributed by atoms with van der Waals surface area (Å²) in [6.07, 6.45) is 1.13. The molecule has 3 heterocycles. The molecule has 4 nitrogen and oxygen atoms in total. The molecule has 92 valence electrons. The van der Waals surface area contributed by atoms with Crippen LogP contribution in [0.4, 0.5) is 0 Å². The van der Waals surface area contributed by atoms with Crippen molar-refractivity contribution in [3.8, 4) is 0 Å². The maximum Gasteiger partial charge on any atom is 0.238 e. The molecule has 1 N–H and O–H groups in total. The van der Waals surface area contributed by atoms with Gasteiger partial charge in [-0.3, -0.25) is 10.1 Å². The van der Waals surface area contributed by atoms with Gasteiger partial charge in [-0.15, -0.1) is 0 Å². The fourth-order valence-electron chi connectivity index (χ4n) is 2.48. The first kappa shape index (κ1) is 11.2. The van der Waals surface area contributed by atoms with Crippen molar-refractivity contribution in [3.05, 3.63) is 22.4 Å². The molecule has 0 spiro atoms. The quantitative estimate of drug-likeness (QED) is 0.879. The lowest BCUT2D eigenvalue weighted by Gasteiger charge is -2.26. The maximum atomic E-state index is 11.9. The highest BCUT2D eigenvalue weighted by Crippen LogP contribution is 2.26. The molecule has 2 saturated heterocycles. The zero-order valence-corrected chi connectivity index (χ0v) is 10.4. The summed E-state index contributed by atoms with van der Waals surface area (Å²) in [6.45, 7) is 2.89. The average molecular weight is 252 g/mol. The molecule has 1 aromatic rings. The topological polar surface area (TPSA) is 41.6 Å². The van der Waals surface area contributed by atoms with Gasteiger partial charge in [-0.2, -0.15) is 11.3 Å². The van der Waals surface area contributed by atoms with Crippen molar-refractivity contribution in [2.24, 2.45) is 5.92 Å². The largest absolute Gasteiger partial charge is 0.381 e. The van der Waals surface area contributed by atoms with E-state index in [1.165, 1.54) is 5.56 Å². The SMILES string of the molecule is O=C1CNC(c2ccsc2)N1CC1CCOC1. The van der Waals surface area contributed by atoms with Gasteiger partial charge >= 0.3 is 0 Å². The van der Waals surface area contributed by atoms with E-state index in [0.717, 1.165) is 26.2 Å². The molecule has 1 aromatic heterocycles. The number of hydrogen-bond donors (Lipinski definition) is 1. The van der Waals surface area contributed by atoms with Crippen molar-refractivity contribution in [2.75, 3.05) is 26.3 Å². The van der Waals surface area contributed by atoms with Crippen LogP contribution in [0.5, 0.6) is 0 Å². The zero-order chi connectivity index (χ0) is 11.7. The van der Waals surface area contributed by atoms with Crippen molar-refractivity contribution in [1.29, 1.82) is 0 Å². The smallest absolute Gasteiger partial charge is 0.238 e. The molecule has 17 heavy (non-hydrogen) atoms. The monoisotopic (exact) mass is 252 g/mol. The van der Waals surface area contributed by atoms with E-state index < -0.39 is 0 Å². The van der Waals surface area contributed by atoms with Gasteiger partial charge in [0.1, 0.15) is 6.17 Å². The van der Waals surface area contributed by atoms with Crippen molar-refractivity contribution < 1.29 is 9.53 Å². The molecule has 0 saturated carbocycles. The van der Waals surface area contributed by atoms with Crippen LogP contribution in [0, 0.1) is 5.92 Å². The molecular weight excluding hydrogens is 236 g/mol. The molecule has 1 amide bonds. The highest BCUT2D eigenvalue weighted by molar-refractivity contribution is 7.07. The van der Waals surface area contributed by atoms with Crippen LogP contribution in [0.1, 0.15) is 18.2 Å². The van der Waals surface area contributed by atoms with Crippen molar-refractivity contribution in [1.82, 2.24) is 10.2 Å². The van der Waals surface area contributed by atoms with E-state index in [0.29, 0.717) is 12.5 Å². The number of rotatable bonds is 3. The second kappa shape index (κ2) is 4.76. The molecule has 2 atom stereocenters. The summed E-state index contributed by atoms with van der Waals surface area (Å²) in [4.78, 5) is 13.9. The lowest BCUT2D eigenvalue weighted by Crippen LogP contribution is -2.34. The number of nitrogens with one attached hydrogen (secondary N) is 1. The predicted octanol–water partition coefficient (Wildman–Crippen LogP) is 1.22. The molecular formula is C12H16N2O2S. The van der Waals surface area contributed by atoms with Crippen LogP contribution in [-0.4, -0.2) is 37.1 Å². The Morgan fingerprint density at radius 3 is 3.24 bits per heavy atom. The molecule has 5 heteroatoms. The van der Waals surface area contributed by atoms with Gasteiger partial charge in [-0.25, -0.2) is 0 Å². The summed E-state index contributed by atoms with van der Waals surface area (Å²) in [5.41, 5.74) is 1.19. The summed E-state index contributed by atoms with van der Waals surface area (Å²) in [6, 6.07) is 2.08. The van der Waals surface area contributed by atoms with E-state index in [1.807, 2.05) is 4.90 Å². The van der Waals surface area contributed by atoms with E-state index in [4.69, 9.17) is 4.74 Å². The van der Waals surface area contributed by atoms with Crippen LogP contribution in [0.15, 0.2) is 16.8 Å². The first-order valence-electron chi connectivity index (χ1n) is 5.97. The van der Waals surface area contributed by atoms with Crippen LogP contribution < -0.4 is 5.32 Å². The van der Waals surface area contributed by atoms with Crippen molar-refractivity contribution in [2.45, 2.75) is 12.6 Å². The molecule has 0 aromatic carbocycles. The van der Waals surface area contributed by atoms with E-state index in [9.17, 15) is 4.79 Å². The fraction of sp³-hybridized carbons (Fsp3) is 0.583. The normalized spacial score (nSPS) is 29.2. The van der Waals surface area contributed by atoms with Gasteiger partial charge in [0.15, 0.2) is 0 Å². The van der Waals surface area contributed by atoms with Crippen LogP contribution in [0.3, 0.4) is 0 Å². The van der Waals surface area contributed by atoms with E-state index in [2.05, 4.69) is 22.1 Å². The molecule has 0 radical (unpaired) electrons. The van der Waals surface area contributed by atoms with Gasteiger partial charge in [0.2, 0.25) is 5.91 Å². The number of thiophene rings is 1. The molecule has 2 unspecified atom stereocenters. The Kier molecular flexibility index (Phi) is 3.13. The molecule has 2 aliphatic rings. The van der Waals surface area contributed by atoms with Gasteiger partial charge in [-0.1, -0.05) is 0 Å². The molecule has 0 bridgehead atoms. The van der Waals surface area contributed by atoms with Gasteiger partial charge in [0.25, 0.3) is 0 Å². The van der Waals surface area contributed by atoms with Gasteiger partial charge < -0.3 is 9.64 Å². The van der Waals surface area contributed by atoms with Crippen LogP contribution in [0.2, 0.25) is 0 Å². The number of carbonyl (C=O) groups excluding carboxylic acids is 1. The Morgan fingerprint density at radius 1 is 1.59 bits per heavy atom. The summed E-state index contributed by atoms with van der Waals surface area (Å²) in [7, 11) is 0. The third kappa shape index (κ3) is 2.22. The first-order valence-corrected chi connectivity index (χ1v) is 6.91. The fourth-order valence-corrected chi connectivity index (χ4v) is 3.16. The summed E-state index contributed by atoms with van der Waals surface area (Å²) in [5.74, 6) is 0.702. The first-order chi connectivity index (χ1) is 8.34. The number of ether oxygens (including phenoxy) is 1. The lowest BCUT2D eigenvalue weighted by atomic mass is 10.1. The minimum Gasteiger partial charge on any atom is -0.381 e. The highest BCUT2D eigenvalue weighted by Gasteiger charge is 2.34. The zero-order valence-electron chi connectivity index (χ0n) is 9.59. The van der Waals surface area contributed by atoms with Crippen LogP contribution in [-0.2, 0) is 9.53 Å². The Bertz CT molecular complexity index is 387. The lowest BCUT2D eigenvalue weighted by molar-refractivity contribution is -0.128. The molecule has 2 aliphatic heterocycles. The summed E-state index contributed by atoms with van der Waals surface area (Å²) < 4.78 is 5.37. The summed E-state index contributed by atoms with van der Waals surface area (Å²) in [5, 5.41) is 7.43. The molecule has 0 aliphatic carbocycles. The van der Waals surface area contributed by atoms with Crippen molar-refractivity contribution in [3.63, 3.8) is 0 Å². The van der Waals surface area contributed by atoms with Crippen LogP contribution in [0.25, 0.3) is 0 Å². The highest BCUT2D eigenvalue weighted by atomic mass is 32.1. The van der Waals surface area contributed by atoms with E-state index in [1.54, 1.807) is 11.3 Å².